The summed E-state index contributed by atoms with van der Waals surface area (Å²) >= 11 is 0. The van der Waals surface area contributed by atoms with Crippen molar-refractivity contribution in [2.75, 3.05) is 12.8 Å². The average molecular weight is 377 g/mol. The number of fused-ring (bicyclic) bond motifs is 3. The molecule has 1 fully saturated rings. The van der Waals surface area contributed by atoms with Crippen molar-refractivity contribution in [3.05, 3.63) is 42.0 Å². The number of aromatic nitrogens is 6. The Morgan fingerprint density at radius 1 is 1.18 bits per heavy atom. The van der Waals surface area contributed by atoms with E-state index in [1.807, 2.05) is 36.1 Å². The molecule has 2 atom stereocenters. The first-order chi connectivity index (χ1) is 13.6. The Bertz CT molecular complexity index is 1160. The molecule has 0 bridgehead atoms. The monoisotopic (exact) mass is 377 g/mol. The van der Waals surface area contributed by atoms with E-state index in [4.69, 9.17) is 20.6 Å². The van der Waals surface area contributed by atoms with Crippen LogP contribution >= 0.6 is 0 Å². The second-order valence-electron chi connectivity index (χ2n) is 7.54. The van der Waals surface area contributed by atoms with Gasteiger partial charge in [0.1, 0.15) is 11.3 Å². The van der Waals surface area contributed by atoms with Crippen molar-refractivity contribution in [2.45, 2.75) is 37.5 Å². The van der Waals surface area contributed by atoms with Gasteiger partial charge in [-0.05, 0) is 42.9 Å². The van der Waals surface area contributed by atoms with Gasteiger partial charge in [0.05, 0.1) is 13.3 Å². The Kier molecular flexibility index (Phi) is 3.92. The van der Waals surface area contributed by atoms with Crippen LogP contribution in [0.15, 0.2) is 30.6 Å². The maximum Gasteiger partial charge on any atom is 0.223 e. The molecule has 0 radical (unpaired) electrons. The number of methoxy groups -OCH3 is 1. The van der Waals surface area contributed by atoms with Crippen LogP contribution in [0.5, 0.6) is 5.75 Å². The van der Waals surface area contributed by atoms with Crippen LogP contribution in [0.4, 0.5) is 5.95 Å². The second kappa shape index (κ2) is 6.47. The standard InChI is InChI=1S/C20H23N7O/c1-26-11-14(10-22-26)12-5-3-6-13(9-12)18-24-19-15-7-4-8-16(28-2)17(15)23-20(21)27(19)25-18/h4,7-8,10-13H,3,5-6,9H2,1-2H3,(H2,21,23)/t12-,13-/m1/s1. The van der Waals surface area contributed by atoms with E-state index in [1.54, 1.807) is 11.6 Å². The minimum Gasteiger partial charge on any atom is -0.494 e. The molecule has 0 aliphatic heterocycles. The van der Waals surface area contributed by atoms with Gasteiger partial charge >= 0.3 is 0 Å². The van der Waals surface area contributed by atoms with Crippen LogP contribution in [0.1, 0.15) is 48.9 Å². The first-order valence-electron chi connectivity index (χ1n) is 9.61. The number of nitrogens with two attached hydrogens (primary N) is 1. The van der Waals surface area contributed by atoms with Gasteiger partial charge in [0.25, 0.3) is 0 Å². The van der Waals surface area contributed by atoms with E-state index in [0.29, 0.717) is 29.1 Å². The first-order valence-corrected chi connectivity index (χ1v) is 9.61. The summed E-state index contributed by atoms with van der Waals surface area (Å²) in [6.07, 6.45) is 8.54. The normalized spacial score (nSPS) is 20.1. The van der Waals surface area contributed by atoms with Crippen LogP contribution in [-0.2, 0) is 7.05 Å². The molecule has 0 amide bonds. The lowest BCUT2D eigenvalue weighted by Gasteiger charge is -2.26. The molecule has 1 aliphatic rings. The lowest BCUT2D eigenvalue weighted by Crippen LogP contribution is -2.14. The number of nitrogen functional groups attached to an aromatic ring is 1. The largest absolute Gasteiger partial charge is 0.494 e. The van der Waals surface area contributed by atoms with Crippen molar-refractivity contribution >= 4 is 22.5 Å². The molecule has 8 heteroatoms. The van der Waals surface area contributed by atoms with Gasteiger partial charge in [0, 0.05) is 24.5 Å². The van der Waals surface area contributed by atoms with E-state index in [2.05, 4.69) is 16.3 Å². The molecule has 0 saturated heterocycles. The Morgan fingerprint density at radius 3 is 2.82 bits per heavy atom. The number of anilines is 1. The Labute approximate surface area is 162 Å². The highest BCUT2D eigenvalue weighted by Gasteiger charge is 2.28. The quantitative estimate of drug-likeness (QED) is 0.589. The number of ether oxygens (including phenoxy) is 1. The Hall–Kier alpha value is -3.16. The molecule has 3 aromatic heterocycles. The van der Waals surface area contributed by atoms with E-state index in [1.165, 1.54) is 12.0 Å². The molecule has 0 spiro atoms. The maximum absolute atomic E-state index is 6.19. The number of para-hydroxylation sites is 1. The second-order valence-corrected chi connectivity index (χ2v) is 7.54. The highest BCUT2D eigenvalue weighted by atomic mass is 16.5. The molecule has 144 valence electrons. The van der Waals surface area contributed by atoms with Gasteiger partial charge < -0.3 is 10.5 Å². The van der Waals surface area contributed by atoms with E-state index >= 15 is 0 Å². The molecule has 1 saturated carbocycles. The summed E-state index contributed by atoms with van der Waals surface area (Å²) in [5.74, 6) is 2.65. The van der Waals surface area contributed by atoms with Gasteiger partial charge in [-0.2, -0.15) is 9.61 Å². The number of aryl methyl sites for hydroxylation is 1. The molecule has 8 nitrogen and oxygen atoms in total. The molecule has 5 rings (SSSR count). The third kappa shape index (κ3) is 2.67. The Balaban J connectivity index is 1.56. The van der Waals surface area contributed by atoms with Crippen LogP contribution < -0.4 is 10.5 Å². The van der Waals surface area contributed by atoms with Crippen LogP contribution in [0.25, 0.3) is 16.6 Å². The summed E-state index contributed by atoms with van der Waals surface area (Å²) in [4.78, 5) is 9.39. The number of rotatable bonds is 3. The molecular formula is C20H23N7O. The molecule has 28 heavy (non-hydrogen) atoms. The predicted molar refractivity (Wildman–Crippen MR) is 106 cm³/mol. The van der Waals surface area contributed by atoms with Crippen molar-refractivity contribution in [1.29, 1.82) is 0 Å². The van der Waals surface area contributed by atoms with E-state index in [9.17, 15) is 0 Å². The zero-order chi connectivity index (χ0) is 19.3. The smallest absolute Gasteiger partial charge is 0.223 e. The molecule has 2 N–H and O–H groups in total. The zero-order valence-electron chi connectivity index (χ0n) is 16.0. The minimum absolute atomic E-state index is 0.305. The molecule has 0 unspecified atom stereocenters. The van der Waals surface area contributed by atoms with Gasteiger partial charge in [-0.3, -0.25) is 4.68 Å². The van der Waals surface area contributed by atoms with Gasteiger partial charge in [0.15, 0.2) is 11.5 Å². The SMILES string of the molecule is COc1cccc2c1nc(N)n1nc([C@@H]3CCC[C@@H](c4cnn(C)c4)C3)nc21. The zero-order valence-corrected chi connectivity index (χ0v) is 16.0. The summed E-state index contributed by atoms with van der Waals surface area (Å²) in [6.45, 7) is 0. The van der Waals surface area contributed by atoms with Crippen LogP contribution in [-0.4, -0.2) is 36.5 Å². The predicted octanol–water partition coefficient (Wildman–Crippen LogP) is 3.04. The summed E-state index contributed by atoms with van der Waals surface area (Å²) in [6, 6.07) is 5.80. The molecular weight excluding hydrogens is 354 g/mol. The number of benzene rings is 1. The van der Waals surface area contributed by atoms with Crippen molar-refractivity contribution in [3.8, 4) is 5.75 Å². The highest BCUT2D eigenvalue weighted by Crippen LogP contribution is 2.40. The van der Waals surface area contributed by atoms with E-state index < -0.39 is 0 Å². The minimum atomic E-state index is 0.305. The van der Waals surface area contributed by atoms with E-state index in [0.717, 1.165) is 36.1 Å². The fourth-order valence-electron chi connectivity index (χ4n) is 4.36. The molecule has 1 aliphatic carbocycles. The number of nitrogens with zero attached hydrogens (tertiary/aromatic N) is 6. The van der Waals surface area contributed by atoms with E-state index in [-0.39, 0.29) is 0 Å². The lowest BCUT2D eigenvalue weighted by molar-refractivity contribution is 0.382. The van der Waals surface area contributed by atoms with Crippen LogP contribution in [0.2, 0.25) is 0 Å². The molecule has 4 aromatic rings. The highest BCUT2D eigenvalue weighted by molar-refractivity contribution is 5.95. The molecule has 1 aromatic carbocycles. The Morgan fingerprint density at radius 2 is 2.04 bits per heavy atom. The summed E-state index contributed by atoms with van der Waals surface area (Å²) in [5, 5.41) is 9.96. The topological polar surface area (TPSA) is 96.1 Å². The summed E-state index contributed by atoms with van der Waals surface area (Å²) < 4.78 is 8.96. The molecule has 3 heterocycles. The van der Waals surface area contributed by atoms with Crippen LogP contribution in [0, 0.1) is 0 Å². The number of hydrogen-bond donors (Lipinski definition) is 1. The fraction of sp³-hybridized carbons (Fsp3) is 0.400. The van der Waals surface area contributed by atoms with Crippen LogP contribution in [0.3, 0.4) is 0 Å². The maximum atomic E-state index is 6.19. The van der Waals surface area contributed by atoms with Gasteiger partial charge in [-0.15, -0.1) is 5.10 Å². The first kappa shape index (κ1) is 17.0. The van der Waals surface area contributed by atoms with Crippen molar-refractivity contribution in [3.63, 3.8) is 0 Å². The van der Waals surface area contributed by atoms with Gasteiger partial charge in [0.2, 0.25) is 5.95 Å². The lowest BCUT2D eigenvalue weighted by atomic mass is 9.78. The van der Waals surface area contributed by atoms with Gasteiger partial charge in [-0.1, -0.05) is 12.5 Å². The third-order valence-corrected chi connectivity index (χ3v) is 5.76. The van der Waals surface area contributed by atoms with Gasteiger partial charge in [-0.25, -0.2) is 9.97 Å². The van der Waals surface area contributed by atoms with Crippen molar-refractivity contribution < 1.29 is 4.74 Å². The fourth-order valence-corrected chi connectivity index (χ4v) is 4.36. The third-order valence-electron chi connectivity index (χ3n) is 5.76. The van der Waals surface area contributed by atoms with Crippen molar-refractivity contribution in [1.82, 2.24) is 29.4 Å². The number of hydrogen-bond acceptors (Lipinski definition) is 6. The van der Waals surface area contributed by atoms with Crippen molar-refractivity contribution in [2.24, 2.45) is 7.05 Å². The summed E-state index contributed by atoms with van der Waals surface area (Å²) in [5.41, 5.74) is 8.94. The summed E-state index contributed by atoms with van der Waals surface area (Å²) in [7, 11) is 3.59. The average Bonchev–Trinajstić information content (AvgIpc) is 3.35.